The number of hydrogen-bond donors (Lipinski definition) is 2. The zero-order valence-corrected chi connectivity index (χ0v) is 20.8. The number of hydrogen-bond acceptors (Lipinski definition) is 5. The van der Waals surface area contributed by atoms with Crippen molar-refractivity contribution >= 4 is 34.2 Å². The van der Waals surface area contributed by atoms with Crippen LogP contribution in [0.1, 0.15) is 52.5 Å². The van der Waals surface area contributed by atoms with E-state index >= 15 is 0 Å². The number of nitrogens with two attached hydrogens (primary N) is 1. The van der Waals surface area contributed by atoms with Crippen LogP contribution in [0.25, 0.3) is 10.9 Å². The fourth-order valence-electron chi connectivity index (χ4n) is 3.86. The first-order chi connectivity index (χ1) is 16.3. The smallest absolute Gasteiger partial charge is 0.251 e. The van der Waals surface area contributed by atoms with E-state index in [0.717, 1.165) is 29.3 Å². The number of methoxy groups -OCH3 is 1. The van der Waals surface area contributed by atoms with Gasteiger partial charge < -0.3 is 15.8 Å². The number of Topliss-reactive ketones (excluding diaryl/α,β-unsaturated/α-hetero) is 1. The van der Waals surface area contributed by atoms with Crippen molar-refractivity contribution in [3.63, 3.8) is 0 Å². The number of fused-ring (bicyclic) bond motifs is 1. The lowest BCUT2D eigenvalue weighted by Gasteiger charge is -2.14. The summed E-state index contributed by atoms with van der Waals surface area (Å²) in [6, 6.07) is 10.8. The molecule has 34 heavy (non-hydrogen) atoms. The Morgan fingerprint density at radius 2 is 1.97 bits per heavy atom. The van der Waals surface area contributed by atoms with Gasteiger partial charge in [0.25, 0.3) is 5.91 Å². The number of aromatic nitrogens is 2. The number of aryl methyl sites for hydroxylation is 1. The monoisotopic (exact) mass is 484 g/mol. The van der Waals surface area contributed by atoms with Gasteiger partial charge in [0, 0.05) is 54.4 Å². The molecule has 8 heteroatoms. The maximum atomic E-state index is 12.6. The normalized spacial score (nSPS) is 13.1. The summed E-state index contributed by atoms with van der Waals surface area (Å²) in [6.45, 7) is 5.43. The fraction of sp³-hybridized carbons (Fsp3) is 0.423. The van der Waals surface area contributed by atoms with Gasteiger partial charge in [0.2, 0.25) is 0 Å². The molecule has 0 saturated heterocycles. The van der Waals surface area contributed by atoms with Gasteiger partial charge in [-0.2, -0.15) is 5.10 Å². The molecule has 0 fully saturated rings. The minimum absolute atomic E-state index is 0.0505. The highest BCUT2D eigenvalue weighted by Crippen LogP contribution is 2.21. The Hall–Kier alpha value is -2.74. The highest BCUT2D eigenvalue weighted by molar-refractivity contribution is 6.30. The molecule has 182 valence electrons. The summed E-state index contributed by atoms with van der Waals surface area (Å²) in [5.74, 6) is 0.186. The van der Waals surface area contributed by atoms with E-state index in [1.807, 2.05) is 36.9 Å². The molecule has 3 aromatic rings. The van der Waals surface area contributed by atoms with Crippen LogP contribution in [0.2, 0.25) is 5.02 Å². The molecule has 7 nitrogen and oxygen atoms in total. The molecular weight excluding hydrogens is 452 g/mol. The number of carbonyl (C=O) groups excluding carboxylic acids is 2. The molecule has 2 atom stereocenters. The molecule has 1 aromatic heterocycles. The van der Waals surface area contributed by atoms with Gasteiger partial charge >= 0.3 is 0 Å². The van der Waals surface area contributed by atoms with Crippen LogP contribution < -0.4 is 11.1 Å². The molecule has 1 heterocycles. The number of ketones is 1. The molecule has 0 spiro atoms. The summed E-state index contributed by atoms with van der Waals surface area (Å²) in [4.78, 5) is 25.0. The van der Waals surface area contributed by atoms with Crippen molar-refractivity contribution in [3.05, 3.63) is 64.3 Å². The maximum absolute atomic E-state index is 12.6. The lowest BCUT2D eigenvalue weighted by molar-refractivity contribution is 0.0869. The fourth-order valence-corrected chi connectivity index (χ4v) is 3.99. The van der Waals surface area contributed by atoms with E-state index in [-0.39, 0.29) is 23.7 Å². The van der Waals surface area contributed by atoms with Gasteiger partial charge in [-0.3, -0.25) is 14.3 Å². The number of nitrogens with one attached hydrogen (secondary N) is 1. The molecule has 0 aliphatic carbocycles. The lowest BCUT2D eigenvalue weighted by Crippen LogP contribution is -2.31. The number of ether oxygens (including phenoxy) is 1. The van der Waals surface area contributed by atoms with Crippen LogP contribution in [-0.2, 0) is 11.3 Å². The molecular formula is C26H33ClN4O3. The van der Waals surface area contributed by atoms with E-state index in [9.17, 15) is 9.59 Å². The first kappa shape index (κ1) is 25.9. The van der Waals surface area contributed by atoms with Crippen LogP contribution >= 0.6 is 11.6 Å². The van der Waals surface area contributed by atoms with Crippen molar-refractivity contribution in [2.45, 2.75) is 45.8 Å². The van der Waals surface area contributed by atoms with E-state index in [1.165, 1.54) is 0 Å². The van der Waals surface area contributed by atoms with Gasteiger partial charge in [0.1, 0.15) is 0 Å². The standard InChI is InChI=1S/C26H33ClN4O3/c1-17-11-24-21(12-23(17)26(33)29-14-18(2)34-3)16-31(30-24)15-19(13-28)5-4-6-25(32)20-7-9-22(27)10-8-20/h7-12,16,18-19H,4-6,13-15,28H2,1-3H3,(H,29,33). The number of benzene rings is 2. The number of amides is 1. The van der Waals surface area contributed by atoms with Crippen molar-refractivity contribution in [2.75, 3.05) is 20.2 Å². The number of carbonyl (C=O) groups is 2. The van der Waals surface area contributed by atoms with E-state index in [1.54, 1.807) is 31.4 Å². The molecule has 3 rings (SSSR count). The second kappa shape index (κ2) is 12.1. The van der Waals surface area contributed by atoms with Crippen LogP contribution in [0, 0.1) is 12.8 Å². The molecule has 0 saturated carbocycles. The third kappa shape index (κ3) is 6.88. The molecule has 0 bridgehead atoms. The Morgan fingerprint density at radius 1 is 1.24 bits per heavy atom. The summed E-state index contributed by atoms with van der Waals surface area (Å²) in [5.41, 5.74) is 9.04. The molecule has 2 unspecified atom stereocenters. The number of rotatable bonds is 12. The van der Waals surface area contributed by atoms with Crippen molar-refractivity contribution < 1.29 is 14.3 Å². The predicted molar refractivity (Wildman–Crippen MR) is 135 cm³/mol. The van der Waals surface area contributed by atoms with E-state index < -0.39 is 0 Å². The highest BCUT2D eigenvalue weighted by Gasteiger charge is 2.15. The van der Waals surface area contributed by atoms with E-state index in [0.29, 0.717) is 42.2 Å². The SMILES string of the molecule is COC(C)CNC(=O)c1cc2cn(CC(CN)CCCC(=O)c3ccc(Cl)cc3)nc2cc1C. The summed E-state index contributed by atoms with van der Waals surface area (Å²) < 4.78 is 7.08. The number of nitrogens with zero attached hydrogens (tertiary/aromatic N) is 2. The maximum Gasteiger partial charge on any atom is 0.251 e. The lowest BCUT2D eigenvalue weighted by atomic mass is 9.99. The van der Waals surface area contributed by atoms with Gasteiger partial charge in [-0.25, -0.2) is 0 Å². The molecule has 3 N–H and O–H groups in total. The Bertz CT molecular complexity index is 1130. The summed E-state index contributed by atoms with van der Waals surface area (Å²) in [7, 11) is 1.62. The molecule has 2 aromatic carbocycles. The van der Waals surface area contributed by atoms with Crippen molar-refractivity contribution in [1.82, 2.24) is 15.1 Å². The summed E-state index contributed by atoms with van der Waals surface area (Å²) in [6.07, 6.45) is 3.96. The molecule has 0 aliphatic rings. The largest absolute Gasteiger partial charge is 0.380 e. The number of halogens is 1. The summed E-state index contributed by atoms with van der Waals surface area (Å²) in [5, 5.41) is 9.11. The van der Waals surface area contributed by atoms with Gasteiger partial charge in [-0.1, -0.05) is 11.6 Å². The van der Waals surface area contributed by atoms with Crippen LogP contribution in [0.5, 0.6) is 0 Å². The van der Waals surface area contributed by atoms with Gasteiger partial charge in [0.15, 0.2) is 5.78 Å². The third-order valence-corrected chi connectivity index (χ3v) is 6.31. The van der Waals surface area contributed by atoms with Crippen LogP contribution in [0.15, 0.2) is 42.6 Å². The van der Waals surface area contributed by atoms with Gasteiger partial charge in [-0.05, 0) is 81.1 Å². The first-order valence-electron chi connectivity index (χ1n) is 11.6. The highest BCUT2D eigenvalue weighted by atomic mass is 35.5. The Labute approximate surface area is 205 Å². The van der Waals surface area contributed by atoms with E-state index in [4.69, 9.17) is 22.1 Å². The van der Waals surface area contributed by atoms with Crippen LogP contribution in [0.4, 0.5) is 0 Å². The van der Waals surface area contributed by atoms with Crippen molar-refractivity contribution in [1.29, 1.82) is 0 Å². The Balaban J connectivity index is 1.59. The molecule has 0 radical (unpaired) electrons. The average molecular weight is 485 g/mol. The predicted octanol–water partition coefficient (Wildman–Crippen LogP) is 4.39. The Morgan fingerprint density at radius 3 is 2.65 bits per heavy atom. The van der Waals surface area contributed by atoms with Crippen LogP contribution in [-0.4, -0.2) is 47.8 Å². The minimum Gasteiger partial charge on any atom is -0.380 e. The molecule has 0 aliphatic heterocycles. The zero-order valence-electron chi connectivity index (χ0n) is 20.0. The zero-order chi connectivity index (χ0) is 24.7. The first-order valence-corrected chi connectivity index (χ1v) is 12.0. The second-order valence-corrected chi connectivity index (χ2v) is 9.19. The minimum atomic E-state index is -0.124. The second-order valence-electron chi connectivity index (χ2n) is 8.76. The Kier molecular flexibility index (Phi) is 9.21. The third-order valence-electron chi connectivity index (χ3n) is 6.06. The van der Waals surface area contributed by atoms with Crippen LogP contribution in [0.3, 0.4) is 0 Å². The average Bonchev–Trinajstić information content (AvgIpc) is 3.22. The van der Waals surface area contributed by atoms with Gasteiger partial charge in [0.05, 0.1) is 11.6 Å². The van der Waals surface area contributed by atoms with Crippen molar-refractivity contribution in [2.24, 2.45) is 11.7 Å². The van der Waals surface area contributed by atoms with Gasteiger partial charge in [-0.15, -0.1) is 0 Å². The quantitative estimate of drug-likeness (QED) is 0.371. The molecule has 1 amide bonds. The summed E-state index contributed by atoms with van der Waals surface area (Å²) >= 11 is 5.89. The van der Waals surface area contributed by atoms with E-state index in [2.05, 4.69) is 10.4 Å². The topological polar surface area (TPSA) is 99.2 Å². The van der Waals surface area contributed by atoms with Crippen molar-refractivity contribution in [3.8, 4) is 0 Å².